The minimum Gasteiger partial charge on any atom is -0.359 e. The van der Waals surface area contributed by atoms with Crippen molar-refractivity contribution >= 4 is 11.8 Å². The van der Waals surface area contributed by atoms with Crippen LogP contribution in [0.1, 0.15) is 74.7 Å². The molecule has 0 aromatic rings. The van der Waals surface area contributed by atoms with Gasteiger partial charge in [-0.1, -0.05) is 48.0 Å². The smallest absolute Gasteiger partial charge is 0.229 e. The van der Waals surface area contributed by atoms with Gasteiger partial charge in [0.1, 0.15) is 0 Å². The second kappa shape index (κ2) is 9.43. The molecule has 1 heterocycles. The van der Waals surface area contributed by atoms with Crippen molar-refractivity contribution in [3.8, 4) is 0 Å². The summed E-state index contributed by atoms with van der Waals surface area (Å²) in [5.41, 5.74) is -1.44. The number of nitrogens with one attached hydrogen (secondary N) is 1. The molecule has 0 aliphatic carbocycles. The van der Waals surface area contributed by atoms with Crippen molar-refractivity contribution < 1.29 is 9.59 Å². The summed E-state index contributed by atoms with van der Waals surface area (Å²) in [5.74, 6) is 1.40. The Bertz CT molecular complexity index is 406. The average Bonchev–Trinajstić information content (AvgIpc) is 2.53. The molecule has 24 heavy (non-hydrogen) atoms. The molecule has 1 N–H and O–H groups in total. The van der Waals surface area contributed by atoms with Crippen LogP contribution in [0, 0.1) is 22.7 Å². The predicted octanol–water partition coefficient (Wildman–Crippen LogP) is 4.10. The number of rotatable bonds is 4. The maximum absolute atomic E-state index is 12.9. The number of piperidine rings is 1. The van der Waals surface area contributed by atoms with E-state index in [0.717, 1.165) is 25.9 Å². The van der Waals surface area contributed by atoms with E-state index in [0.29, 0.717) is 11.8 Å². The van der Waals surface area contributed by atoms with Gasteiger partial charge in [-0.25, -0.2) is 0 Å². The number of likely N-dealkylation sites (tertiary alicyclic amines) is 1. The molecule has 0 bridgehead atoms. The third-order valence-electron chi connectivity index (χ3n) is 5.66. The van der Waals surface area contributed by atoms with Crippen LogP contribution in [0.4, 0.5) is 0 Å². The molecule has 1 aliphatic rings. The van der Waals surface area contributed by atoms with Crippen LogP contribution < -0.4 is 5.32 Å². The summed E-state index contributed by atoms with van der Waals surface area (Å²) in [5, 5.41) is 2.68. The van der Waals surface area contributed by atoms with E-state index in [4.69, 9.17) is 0 Å². The molecule has 0 saturated carbocycles. The maximum atomic E-state index is 12.9. The molecule has 1 aliphatic heterocycles. The number of hydrogen-bond donors (Lipinski definition) is 1. The lowest BCUT2D eigenvalue weighted by Crippen LogP contribution is -2.55. The summed E-state index contributed by atoms with van der Waals surface area (Å²) in [4.78, 5) is 27.0. The van der Waals surface area contributed by atoms with E-state index in [1.54, 1.807) is 7.05 Å². The standard InChI is InChI=1S/C17H32N2O2.C3H8/c1-12(2)13-8-10-19(11-9-13)15(21)17(5,6)16(3,4)14(20)18-7;1-3-2/h12-13H,8-11H2,1-7H3,(H,18,20);3H2,1-2H3. The molecule has 1 saturated heterocycles. The van der Waals surface area contributed by atoms with Crippen LogP contribution in [0.3, 0.4) is 0 Å². The van der Waals surface area contributed by atoms with Crippen molar-refractivity contribution in [2.24, 2.45) is 22.7 Å². The lowest BCUT2D eigenvalue weighted by atomic mass is 9.66. The SMILES string of the molecule is CCC.CNC(=O)C(C)(C)C(C)(C)C(=O)N1CCC(C(C)C)CC1. The second-order valence-corrected chi connectivity index (χ2v) is 8.41. The summed E-state index contributed by atoms with van der Waals surface area (Å²) >= 11 is 0. The van der Waals surface area contributed by atoms with Crippen LogP contribution in [-0.2, 0) is 9.59 Å². The second-order valence-electron chi connectivity index (χ2n) is 8.41. The number of nitrogens with zero attached hydrogens (tertiary/aromatic N) is 1. The van der Waals surface area contributed by atoms with Crippen LogP contribution in [0.15, 0.2) is 0 Å². The van der Waals surface area contributed by atoms with E-state index in [9.17, 15) is 9.59 Å². The minimum atomic E-state index is -0.728. The lowest BCUT2D eigenvalue weighted by Gasteiger charge is -2.44. The van der Waals surface area contributed by atoms with Crippen LogP contribution in [0.5, 0.6) is 0 Å². The monoisotopic (exact) mass is 340 g/mol. The largest absolute Gasteiger partial charge is 0.359 e. The molecule has 4 heteroatoms. The highest BCUT2D eigenvalue weighted by atomic mass is 16.2. The molecule has 4 nitrogen and oxygen atoms in total. The topological polar surface area (TPSA) is 49.4 Å². The molecule has 2 amide bonds. The highest BCUT2D eigenvalue weighted by Gasteiger charge is 2.49. The molecule has 0 aromatic heterocycles. The van der Waals surface area contributed by atoms with Crippen molar-refractivity contribution in [2.45, 2.75) is 74.7 Å². The Kier molecular flexibility index (Phi) is 9.01. The van der Waals surface area contributed by atoms with Crippen molar-refractivity contribution in [3.05, 3.63) is 0 Å². The van der Waals surface area contributed by atoms with Gasteiger partial charge in [0.2, 0.25) is 11.8 Å². The first kappa shape index (κ1) is 22.9. The molecular formula is C20H40N2O2. The van der Waals surface area contributed by atoms with Crippen molar-refractivity contribution in [1.82, 2.24) is 10.2 Å². The normalized spacial score (nSPS) is 16.5. The van der Waals surface area contributed by atoms with Gasteiger partial charge in [-0.3, -0.25) is 9.59 Å². The van der Waals surface area contributed by atoms with Crippen LogP contribution in [0.25, 0.3) is 0 Å². The highest BCUT2D eigenvalue weighted by molar-refractivity contribution is 5.92. The van der Waals surface area contributed by atoms with E-state index in [2.05, 4.69) is 33.0 Å². The number of amides is 2. The molecule has 0 unspecified atom stereocenters. The average molecular weight is 341 g/mol. The molecule has 0 atom stereocenters. The molecule has 0 spiro atoms. The molecule has 1 rings (SSSR count). The Morgan fingerprint density at radius 1 is 1.04 bits per heavy atom. The number of carbonyl (C=O) groups is 2. The van der Waals surface area contributed by atoms with Gasteiger partial charge in [0.15, 0.2) is 0 Å². The fraction of sp³-hybridized carbons (Fsp3) is 0.900. The van der Waals surface area contributed by atoms with E-state index in [1.807, 2.05) is 32.6 Å². The van der Waals surface area contributed by atoms with E-state index in [1.165, 1.54) is 6.42 Å². The molecule has 0 aromatic carbocycles. The third-order valence-corrected chi connectivity index (χ3v) is 5.66. The molecule has 0 radical (unpaired) electrons. The van der Waals surface area contributed by atoms with E-state index < -0.39 is 10.8 Å². The van der Waals surface area contributed by atoms with Crippen LogP contribution in [0.2, 0.25) is 0 Å². The molecular weight excluding hydrogens is 300 g/mol. The van der Waals surface area contributed by atoms with E-state index >= 15 is 0 Å². The highest BCUT2D eigenvalue weighted by Crippen LogP contribution is 2.41. The minimum absolute atomic E-state index is 0.0853. The maximum Gasteiger partial charge on any atom is 0.229 e. The van der Waals surface area contributed by atoms with E-state index in [-0.39, 0.29) is 11.8 Å². The first-order valence-electron chi connectivity index (χ1n) is 9.48. The summed E-state index contributed by atoms with van der Waals surface area (Å²) in [6, 6.07) is 0. The predicted molar refractivity (Wildman–Crippen MR) is 102 cm³/mol. The van der Waals surface area contributed by atoms with Crippen molar-refractivity contribution in [3.63, 3.8) is 0 Å². The van der Waals surface area contributed by atoms with Gasteiger partial charge in [0.05, 0.1) is 10.8 Å². The van der Waals surface area contributed by atoms with Gasteiger partial charge in [0.25, 0.3) is 0 Å². The van der Waals surface area contributed by atoms with Gasteiger partial charge in [-0.05, 0) is 38.5 Å². The lowest BCUT2D eigenvalue weighted by molar-refractivity contribution is -0.155. The van der Waals surface area contributed by atoms with Gasteiger partial charge < -0.3 is 10.2 Å². The Balaban J connectivity index is 0.00000163. The Morgan fingerprint density at radius 2 is 1.46 bits per heavy atom. The number of carbonyl (C=O) groups excluding carboxylic acids is 2. The van der Waals surface area contributed by atoms with Gasteiger partial charge >= 0.3 is 0 Å². The first-order valence-corrected chi connectivity index (χ1v) is 9.48. The first-order chi connectivity index (χ1) is 11.0. The quantitative estimate of drug-likeness (QED) is 0.838. The van der Waals surface area contributed by atoms with Crippen LogP contribution >= 0.6 is 0 Å². The Morgan fingerprint density at radius 3 is 1.79 bits per heavy atom. The number of hydrogen-bond acceptors (Lipinski definition) is 2. The molecule has 142 valence electrons. The summed E-state index contributed by atoms with van der Waals surface area (Å²) in [6.45, 7) is 17.9. The fourth-order valence-electron chi connectivity index (χ4n) is 3.03. The summed E-state index contributed by atoms with van der Waals surface area (Å²) in [7, 11) is 1.62. The van der Waals surface area contributed by atoms with Crippen LogP contribution in [-0.4, -0.2) is 36.9 Å². The zero-order chi connectivity index (χ0) is 19.1. The Labute approximate surface area is 149 Å². The van der Waals surface area contributed by atoms with Crippen molar-refractivity contribution in [1.29, 1.82) is 0 Å². The zero-order valence-electron chi connectivity index (χ0n) is 17.5. The zero-order valence-corrected chi connectivity index (χ0v) is 17.5. The van der Waals surface area contributed by atoms with Gasteiger partial charge in [-0.15, -0.1) is 0 Å². The summed E-state index contributed by atoms with van der Waals surface area (Å²) < 4.78 is 0. The van der Waals surface area contributed by atoms with Gasteiger partial charge in [0, 0.05) is 20.1 Å². The van der Waals surface area contributed by atoms with Gasteiger partial charge in [-0.2, -0.15) is 0 Å². The fourth-order valence-corrected chi connectivity index (χ4v) is 3.03. The molecule has 1 fully saturated rings. The summed E-state index contributed by atoms with van der Waals surface area (Å²) in [6.07, 6.45) is 3.39. The van der Waals surface area contributed by atoms with Crippen molar-refractivity contribution in [2.75, 3.05) is 20.1 Å². The Hall–Kier alpha value is -1.06. The third kappa shape index (κ3) is 5.22.